The maximum Gasteiger partial charge on any atom is 0.258 e. The van der Waals surface area contributed by atoms with Crippen molar-refractivity contribution in [3.8, 4) is 0 Å². The van der Waals surface area contributed by atoms with E-state index in [1.165, 1.54) is 0 Å². The van der Waals surface area contributed by atoms with E-state index < -0.39 is 5.66 Å². The highest BCUT2D eigenvalue weighted by Crippen LogP contribution is 2.43. The SMILES string of the molecule is CC1CCC(C)(NC(=O)CN2C(=O)c3ccccc3N3C(=O)CCC23C)CC1. The number of hydrogen-bond acceptors (Lipinski definition) is 3. The van der Waals surface area contributed by atoms with Crippen molar-refractivity contribution in [3.05, 3.63) is 29.8 Å². The molecule has 3 aliphatic rings. The fourth-order valence-corrected chi connectivity index (χ4v) is 4.99. The summed E-state index contributed by atoms with van der Waals surface area (Å²) in [5.74, 6) is 0.370. The van der Waals surface area contributed by atoms with Gasteiger partial charge in [0.2, 0.25) is 11.8 Å². The van der Waals surface area contributed by atoms with Gasteiger partial charge in [-0.05, 0) is 64.0 Å². The normalized spacial score (nSPS) is 32.2. The van der Waals surface area contributed by atoms with Crippen LogP contribution in [0.4, 0.5) is 5.69 Å². The third-order valence-corrected chi connectivity index (χ3v) is 6.87. The molecule has 1 aliphatic carbocycles. The molecule has 1 saturated heterocycles. The maximum absolute atomic E-state index is 13.2. The number of carbonyl (C=O) groups is 3. The first-order valence-corrected chi connectivity index (χ1v) is 10.3. The molecule has 28 heavy (non-hydrogen) atoms. The first-order valence-electron chi connectivity index (χ1n) is 10.3. The van der Waals surface area contributed by atoms with E-state index in [4.69, 9.17) is 0 Å². The predicted octanol–water partition coefficient (Wildman–Crippen LogP) is 3.07. The minimum atomic E-state index is -0.790. The lowest BCUT2D eigenvalue weighted by atomic mass is 9.78. The van der Waals surface area contributed by atoms with Crippen molar-refractivity contribution >= 4 is 23.4 Å². The Bertz CT molecular complexity index is 828. The summed E-state index contributed by atoms with van der Waals surface area (Å²) in [6.07, 6.45) is 5.04. The molecule has 1 unspecified atom stereocenters. The van der Waals surface area contributed by atoms with Crippen LogP contribution in [0.3, 0.4) is 0 Å². The highest BCUT2D eigenvalue weighted by molar-refractivity contribution is 6.11. The van der Waals surface area contributed by atoms with E-state index in [1.807, 2.05) is 19.1 Å². The second-order valence-corrected chi connectivity index (χ2v) is 9.15. The van der Waals surface area contributed by atoms with Gasteiger partial charge in [0.05, 0.1) is 11.3 Å². The van der Waals surface area contributed by atoms with Crippen LogP contribution in [-0.4, -0.2) is 40.4 Å². The van der Waals surface area contributed by atoms with Crippen molar-refractivity contribution in [2.75, 3.05) is 11.4 Å². The molecule has 0 aromatic heterocycles. The summed E-state index contributed by atoms with van der Waals surface area (Å²) in [7, 11) is 0. The summed E-state index contributed by atoms with van der Waals surface area (Å²) >= 11 is 0. The summed E-state index contributed by atoms with van der Waals surface area (Å²) in [5, 5.41) is 3.18. The third-order valence-electron chi connectivity index (χ3n) is 6.87. The molecular formula is C22H29N3O3. The van der Waals surface area contributed by atoms with E-state index in [1.54, 1.807) is 21.9 Å². The van der Waals surface area contributed by atoms with Gasteiger partial charge in [-0.2, -0.15) is 0 Å². The number of hydrogen-bond donors (Lipinski definition) is 1. The van der Waals surface area contributed by atoms with Gasteiger partial charge in [-0.3, -0.25) is 19.3 Å². The van der Waals surface area contributed by atoms with Gasteiger partial charge in [0, 0.05) is 12.0 Å². The van der Waals surface area contributed by atoms with E-state index in [0.717, 1.165) is 25.7 Å². The molecule has 6 heteroatoms. The van der Waals surface area contributed by atoms with Gasteiger partial charge < -0.3 is 10.2 Å². The van der Waals surface area contributed by atoms with Gasteiger partial charge in [-0.15, -0.1) is 0 Å². The van der Waals surface area contributed by atoms with Crippen molar-refractivity contribution in [1.82, 2.24) is 10.2 Å². The van der Waals surface area contributed by atoms with E-state index >= 15 is 0 Å². The van der Waals surface area contributed by atoms with Gasteiger partial charge in [0.15, 0.2) is 0 Å². The Labute approximate surface area is 166 Å². The number of anilines is 1. The average molecular weight is 383 g/mol. The van der Waals surface area contributed by atoms with Gasteiger partial charge in [-0.1, -0.05) is 19.1 Å². The summed E-state index contributed by atoms with van der Waals surface area (Å²) in [6.45, 7) is 6.20. The zero-order valence-corrected chi connectivity index (χ0v) is 17.0. The van der Waals surface area contributed by atoms with E-state index in [-0.39, 0.29) is 29.8 Å². The number of nitrogens with one attached hydrogen (secondary N) is 1. The predicted molar refractivity (Wildman–Crippen MR) is 107 cm³/mol. The highest BCUT2D eigenvalue weighted by atomic mass is 16.2. The second kappa shape index (κ2) is 6.61. The first kappa shape index (κ1) is 19.0. The fourth-order valence-electron chi connectivity index (χ4n) is 4.99. The molecule has 1 atom stereocenters. The molecule has 1 aromatic carbocycles. The highest BCUT2D eigenvalue weighted by Gasteiger charge is 2.53. The molecule has 2 heterocycles. The summed E-state index contributed by atoms with van der Waals surface area (Å²) in [4.78, 5) is 42.1. The molecule has 3 amide bonds. The Morgan fingerprint density at radius 3 is 2.54 bits per heavy atom. The lowest BCUT2D eigenvalue weighted by Crippen LogP contribution is -2.64. The van der Waals surface area contributed by atoms with Crippen LogP contribution in [0.25, 0.3) is 0 Å². The van der Waals surface area contributed by atoms with Crippen molar-refractivity contribution in [1.29, 1.82) is 0 Å². The molecule has 0 spiro atoms. The van der Waals surface area contributed by atoms with Crippen molar-refractivity contribution in [3.63, 3.8) is 0 Å². The second-order valence-electron chi connectivity index (χ2n) is 9.15. The molecule has 6 nitrogen and oxygen atoms in total. The van der Waals surface area contributed by atoms with E-state index in [0.29, 0.717) is 30.0 Å². The minimum Gasteiger partial charge on any atom is -0.349 e. The molecule has 1 N–H and O–H groups in total. The van der Waals surface area contributed by atoms with Gasteiger partial charge in [-0.25, -0.2) is 0 Å². The van der Waals surface area contributed by atoms with E-state index in [2.05, 4.69) is 19.2 Å². The molecule has 4 rings (SSSR count). The standard InChI is InChI=1S/C22H29N3O3/c1-15-8-11-21(2,12-9-15)23-18(26)14-24-20(28)16-6-4-5-7-17(16)25-19(27)10-13-22(24,25)3/h4-7,15H,8-14H2,1-3H3,(H,23,26). The summed E-state index contributed by atoms with van der Waals surface area (Å²) in [5.41, 5.74) is 0.136. The van der Waals surface area contributed by atoms with Crippen molar-refractivity contribution < 1.29 is 14.4 Å². The third kappa shape index (κ3) is 2.99. The van der Waals surface area contributed by atoms with Crippen LogP contribution < -0.4 is 10.2 Å². The molecule has 1 aromatic rings. The Morgan fingerprint density at radius 1 is 1.14 bits per heavy atom. The largest absolute Gasteiger partial charge is 0.349 e. The molecule has 1 saturated carbocycles. The Kier molecular flexibility index (Phi) is 4.47. The van der Waals surface area contributed by atoms with Gasteiger partial charge in [0.25, 0.3) is 5.91 Å². The molecule has 0 bridgehead atoms. The number of rotatable bonds is 3. The fraction of sp³-hybridized carbons (Fsp3) is 0.591. The smallest absolute Gasteiger partial charge is 0.258 e. The Morgan fingerprint density at radius 2 is 1.82 bits per heavy atom. The molecule has 150 valence electrons. The summed E-state index contributed by atoms with van der Waals surface area (Å²) < 4.78 is 0. The van der Waals surface area contributed by atoms with Crippen molar-refractivity contribution in [2.24, 2.45) is 5.92 Å². The molecule has 0 radical (unpaired) electrons. The molecule has 2 aliphatic heterocycles. The zero-order valence-electron chi connectivity index (χ0n) is 17.0. The number of carbonyl (C=O) groups excluding carboxylic acids is 3. The monoisotopic (exact) mass is 383 g/mol. The van der Waals surface area contributed by atoms with Crippen LogP contribution in [0, 0.1) is 5.92 Å². The lowest BCUT2D eigenvalue weighted by Gasteiger charge is -2.48. The van der Waals surface area contributed by atoms with Crippen molar-refractivity contribution in [2.45, 2.75) is 70.5 Å². The quantitative estimate of drug-likeness (QED) is 0.872. The summed E-state index contributed by atoms with van der Waals surface area (Å²) in [6, 6.07) is 7.18. The minimum absolute atomic E-state index is 0.00101. The molecule has 2 fully saturated rings. The number of amides is 3. The van der Waals surface area contributed by atoms with Gasteiger partial charge in [0.1, 0.15) is 12.2 Å². The van der Waals surface area contributed by atoms with Gasteiger partial charge >= 0.3 is 0 Å². The van der Waals surface area contributed by atoms with Crippen LogP contribution in [0.15, 0.2) is 24.3 Å². The molecular weight excluding hydrogens is 354 g/mol. The number of nitrogens with zero attached hydrogens (tertiary/aromatic N) is 2. The van der Waals surface area contributed by atoms with Crippen LogP contribution in [-0.2, 0) is 9.59 Å². The van der Waals surface area contributed by atoms with Crippen LogP contribution >= 0.6 is 0 Å². The Hall–Kier alpha value is -2.37. The topological polar surface area (TPSA) is 69.7 Å². The zero-order chi connectivity index (χ0) is 20.1. The average Bonchev–Trinajstić information content (AvgIpc) is 2.97. The van der Waals surface area contributed by atoms with E-state index in [9.17, 15) is 14.4 Å². The Balaban J connectivity index is 1.58. The maximum atomic E-state index is 13.2. The number of fused-ring (bicyclic) bond motifs is 3. The first-order chi connectivity index (χ1) is 13.2. The van der Waals surface area contributed by atoms with Crippen LogP contribution in [0.1, 0.15) is 69.7 Å². The lowest BCUT2D eigenvalue weighted by molar-refractivity contribution is -0.126. The van der Waals surface area contributed by atoms with Crippen LogP contribution in [0.2, 0.25) is 0 Å². The number of para-hydroxylation sites is 1. The van der Waals surface area contributed by atoms with Crippen LogP contribution in [0.5, 0.6) is 0 Å². The number of benzene rings is 1.